The van der Waals surface area contributed by atoms with E-state index in [1.165, 1.54) is 16.7 Å². The molecule has 2 N–H and O–H groups in total. The molecule has 19 heavy (non-hydrogen) atoms. The smallest absolute Gasteiger partial charge is 0.0314 e. The van der Waals surface area contributed by atoms with E-state index < -0.39 is 0 Å². The molecule has 0 saturated carbocycles. The lowest BCUT2D eigenvalue weighted by Crippen LogP contribution is -2.20. The highest BCUT2D eigenvalue weighted by atomic mass is 15.1. The van der Waals surface area contributed by atoms with Gasteiger partial charge in [0, 0.05) is 18.8 Å². The fourth-order valence-electron chi connectivity index (χ4n) is 2.09. The Hall–Kier alpha value is -1.80. The Bertz CT molecular complexity index is 500. The summed E-state index contributed by atoms with van der Waals surface area (Å²) in [5.74, 6) is 0. The number of aryl methyl sites for hydroxylation is 1. The van der Waals surface area contributed by atoms with Crippen molar-refractivity contribution in [3.63, 3.8) is 0 Å². The molecule has 0 aliphatic heterocycles. The largest absolute Gasteiger partial charge is 0.399 e. The van der Waals surface area contributed by atoms with Crippen molar-refractivity contribution in [3.05, 3.63) is 65.2 Å². The SMILES string of the molecule is Cc1ccc(CN(C)CCc2ccc(N)cc2)cc1. The molecule has 0 spiro atoms. The quantitative estimate of drug-likeness (QED) is 0.830. The molecule has 100 valence electrons. The first-order valence-corrected chi connectivity index (χ1v) is 6.72. The highest BCUT2D eigenvalue weighted by Crippen LogP contribution is 2.09. The molecule has 0 fully saturated rings. The molecule has 0 aromatic heterocycles. The van der Waals surface area contributed by atoms with Gasteiger partial charge in [-0.15, -0.1) is 0 Å². The van der Waals surface area contributed by atoms with Gasteiger partial charge in [-0.3, -0.25) is 0 Å². The standard InChI is InChI=1S/C17H22N2/c1-14-3-5-16(6-4-14)13-19(2)12-11-15-7-9-17(18)10-8-15/h3-10H,11-13,18H2,1-2H3. The van der Waals surface area contributed by atoms with Crippen molar-refractivity contribution in [2.45, 2.75) is 19.9 Å². The lowest BCUT2D eigenvalue weighted by molar-refractivity contribution is 0.331. The van der Waals surface area contributed by atoms with Gasteiger partial charge in [0.05, 0.1) is 0 Å². The van der Waals surface area contributed by atoms with Gasteiger partial charge >= 0.3 is 0 Å². The number of benzene rings is 2. The van der Waals surface area contributed by atoms with E-state index in [1.807, 2.05) is 12.1 Å². The monoisotopic (exact) mass is 254 g/mol. The van der Waals surface area contributed by atoms with Crippen molar-refractivity contribution >= 4 is 5.69 Å². The van der Waals surface area contributed by atoms with E-state index in [-0.39, 0.29) is 0 Å². The number of rotatable bonds is 5. The van der Waals surface area contributed by atoms with Crippen LogP contribution in [0.5, 0.6) is 0 Å². The normalized spacial score (nSPS) is 10.9. The third kappa shape index (κ3) is 4.42. The predicted octanol–water partition coefficient (Wildman–Crippen LogP) is 3.25. The van der Waals surface area contributed by atoms with Crippen molar-refractivity contribution < 1.29 is 0 Å². The summed E-state index contributed by atoms with van der Waals surface area (Å²) in [5, 5.41) is 0. The molecule has 0 atom stereocenters. The van der Waals surface area contributed by atoms with Crippen molar-refractivity contribution in [1.82, 2.24) is 4.90 Å². The van der Waals surface area contributed by atoms with E-state index in [9.17, 15) is 0 Å². The van der Waals surface area contributed by atoms with Crippen molar-refractivity contribution in [2.75, 3.05) is 19.3 Å². The third-order valence-electron chi connectivity index (χ3n) is 3.34. The van der Waals surface area contributed by atoms with E-state index in [4.69, 9.17) is 5.73 Å². The van der Waals surface area contributed by atoms with Gasteiger partial charge in [0.1, 0.15) is 0 Å². The third-order valence-corrected chi connectivity index (χ3v) is 3.34. The summed E-state index contributed by atoms with van der Waals surface area (Å²) >= 11 is 0. The van der Waals surface area contributed by atoms with Crippen LogP contribution in [-0.4, -0.2) is 18.5 Å². The molecule has 0 aliphatic rings. The summed E-state index contributed by atoms with van der Waals surface area (Å²) in [6.07, 6.45) is 1.06. The maximum absolute atomic E-state index is 5.69. The second-order valence-corrected chi connectivity index (χ2v) is 5.21. The molecular formula is C17H22N2. The number of hydrogen-bond donors (Lipinski definition) is 1. The number of nitrogens with two attached hydrogens (primary N) is 1. The average molecular weight is 254 g/mol. The minimum atomic E-state index is 0.830. The molecule has 2 aromatic carbocycles. The van der Waals surface area contributed by atoms with Crippen LogP contribution in [0.25, 0.3) is 0 Å². The Morgan fingerprint density at radius 1 is 0.895 bits per heavy atom. The second kappa shape index (κ2) is 6.39. The molecule has 0 amide bonds. The zero-order valence-corrected chi connectivity index (χ0v) is 11.8. The van der Waals surface area contributed by atoms with Crippen LogP contribution in [0.15, 0.2) is 48.5 Å². The molecule has 2 heteroatoms. The van der Waals surface area contributed by atoms with Gasteiger partial charge in [0.15, 0.2) is 0 Å². The van der Waals surface area contributed by atoms with Gasteiger partial charge in [-0.2, -0.15) is 0 Å². The highest BCUT2D eigenvalue weighted by molar-refractivity contribution is 5.39. The molecule has 0 radical (unpaired) electrons. The van der Waals surface area contributed by atoms with Crippen LogP contribution in [0, 0.1) is 6.92 Å². The van der Waals surface area contributed by atoms with E-state index in [0.717, 1.165) is 25.2 Å². The summed E-state index contributed by atoms with van der Waals surface area (Å²) in [4.78, 5) is 2.35. The van der Waals surface area contributed by atoms with E-state index >= 15 is 0 Å². The number of nitrogen functional groups attached to an aromatic ring is 1. The van der Waals surface area contributed by atoms with Gasteiger partial charge in [-0.05, 0) is 43.7 Å². The molecule has 0 aliphatic carbocycles. The highest BCUT2D eigenvalue weighted by Gasteiger charge is 2.01. The topological polar surface area (TPSA) is 29.3 Å². The lowest BCUT2D eigenvalue weighted by Gasteiger charge is -2.16. The first-order chi connectivity index (χ1) is 9.13. The average Bonchev–Trinajstić information content (AvgIpc) is 2.41. The molecule has 2 aromatic rings. The van der Waals surface area contributed by atoms with Gasteiger partial charge in [0.2, 0.25) is 0 Å². The van der Waals surface area contributed by atoms with Crippen molar-refractivity contribution in [1.29, 1.82) is 0 Å². The van der Waals surface area contributed by atoms with E-state index in [1.54, 1.807) is 0 Å². The minimum Gasteiger partial charge on any atom is -0.399 e. The Morgan fingerprint density at radius 2 is 1.47 bits per heavy atom. The first-order valence-electron chi connectivity index (χ1n) is 6.72. The number of likely N-dealkylation sites (N-methyl/N-ethyl adjacent to an activating group) is 1. The van der Waals surface area contributed by atoms with Crippen LogP contribution in [0.3, 0.4) is 0 Å². The Labute approximate surface area is 115 Å². The number of hydrogen-bond acceptors (Lipinski definition) is 2. The molecular weight excluding hydrogens is 232 g/mol. The Morgan fingerprint density at radius 3 is 2.11 bits per heavy atom. The van der Waals surface area contributed by atoms with E-state index in [2.05, 4.69) is 55.3 Å². The summed E-state index contributed by atoms with van der Waals surface area (Å²) < 4.78 is 0. The summed E-state index contributed by atoms with van der Waals surface area (Å²) in [7, 11) is 2.16. The molecule has 0 heterocycles. The maximum atomic E-state index is 5.69. The predicted molar refractivity (Wildman–Crippen MR) is 82.1 cm³/mol. The Balaban J connectivity index is 1.82. The fraction of sp³-hybridized carbons (Fsp3) is 0.294. The second-order valence-electron chi connectivity index (χ2n) is 5.21. The molecule has 0 saturated heterocycles. The van der Waals surface area contributed by atoms with Crippen LogP contribution in [0.4, 0.5) is 5.69 Å². The molecule has 2 rings (SSSR count). The van der Waals surface area contributed by atoms with Crippen molar-refractivity contribution in [3.8, 4) is 0 Å². The Kier molecular flexibility index (Phi) is 4.58. The fourth-order valence-corrected chi connectivity index (χ4v) is 2.09. The number of nitrogens with zero attached hydrogens (tertiary/aromatic N) is 1. The zero-order chi connectivity index (χ0) is 13.7. The summed E-state index contributed by atoms with van der Waals surface area (Å²) in [5.41, 5.74) is 10.5. The molecule has 0 unspecified atom stereocenters. The van der Waals surface area contributed by atoms with Crippen LogP contribution in [-0.2, 0) is 13.0 Å². The number of anilines is 1. The van der Waals surface area contributed by atoms with Crippen LogP contribution in [0.1, 0.15) is 16.7 Å². The van der Waals surface area contributed by atoms with Crippen LogP contribution >= 0.6 is 0 Å². The lowest BCUT2D eigenvalue weighted by atomic mass is 10.1. The van der Waals surface area contributed by atoms with E-state index in [0.29, 0.717) is 0 Å². The van der Waals surface area contributed by atoms with Gasteiger partial charge in [-0.1, -0.05) is 42.0 Å². The van der Waals surface area contributed by atoms with Gasteiger partial charge in [-0.25, -0.2) is 0 Å². The van der Waals surface area contributed by atoms with Gasteiger partial charge in [0.25, 0.3) is 0 Å². The zero-order valence-electron chi connectivity index (χ0n) is 11.8. The van der Waals surface area contributed by atoms with Crippen LogP contribution in [0.2, 0.25) is 0 Å². The molecule has 2 nitrogen and oxygen atoms in total. The summed E-state index contributed by atoms with van der Waals surface area (Å²) in [6, 6.07) is 16.9. The van der Waals surface area contributed by atoms with Crippen LogP contribution < -0.4 is 5.73 Å². The summed E-state index contributed by atoms with van der Waals surface area (Å²) in [6.45, 7) is 4.17. The first kappa shape index (κ1) is 13.6. The van der Waals surface area contributed by atoms with Crippen molar-refractivity contribution in [2.24, 2.45) is 0 Å². The maximum Gasteiger partial charge on any atom is 0.0314 e. The van der Waals surface area contributed by atoms with Gasteiger partial charge < -0.3 is 10.6 Å². The molecule has 0 bridgehead atoms. The minimum absolute atomic E-state index is 0.830.